The second-order valence-electron chi connectivity index (χ2n) is 6.03. The van der Waals surface area contributed by atoms with E-state index in [2.05, 4.69) is 41.4 Å². The van der Waals surface area contributed by atoms with Crippen LogP contribution in [0.5, 0.6) is 0 Å². The van der Waals surface area contributed by atoms with Crippen LogP contribution >= 0.6 is 11.3 Å². The van der Waals surface area contributed by atoms with Crippen molar-refractivity contribution < 1.29 is 0 Å². The van der Waals surface area contributed by atoms with Crippen molar-refractivity contribution in [2.24, 2.45) is 5.92 Å². The quantitative estimate of drug-likeness (QED) is 0.838. The van der Waals surface area contributed by atoms with Gasteiger partial charge in [0.05, 0.1) is 10.7 Å². The minimum Gasteiger partial charge on any atom is -0.314 e. The predicted octanol–water partition coefficient (Wildman–Crippen LogP) is 3.09. The second kappa shape index (κ2) is 8.11. The third-order valence-electron chi connectivity index (χ3n) is 4.39. The van der Waals surface area contributed by atoms with Gasteiger partial charge in [0.2, 0.25) is 0 Å². The third kappa shape index (κ3) is 4.83. The van der Waals surface area contributed by atoms with Crippen LogP contribution in [0.2, 0.25) is 0 Å². The summed E-state index contributed by atoms with van der Waals surface area (Å²) in [4.78, 5) is 7.13. The fraction of sp³-hybridized carbons (Fsp3) is 0.812. The van der Waals surface area contributed by atoms with Gasteiger partial charge in [-0.25, -0.2) is 4.98 Å². The molecule has 0 aliphatic carbocycles. The van der Waals surface area contributed by atoms with Gasteiger partial charge in [-0.1, -0.05) is 6.92 Å². The van der Waals surface area contributed by atoms with Crippen LogP contribution in [0, 0.1) is 12.8 Å². The Balaban J connectivity index is 1.64. The highest BCUT2D eigenvalue weighted by Crippen LogP contribution is 2.20. The highest BCUT2D eigenvalue weighted by atomic mass is 32.1. The van der Waals surface area contributed by atoms with Crippen LogP contribution in [-0.4, -0.2) is 42.1 Å². The topological polar surface area (TPSA) is 28.2 Å². The summed E-state index contributed by atoms with van der Waals surface area (Å²) in [6.07, 6.45) is 5.04. The normalized spacial score (nSPS) is 19.4. The van der Waals surface area contributed by atoms with Crippen LogP contribution in [0.25, 0.3) is 0 Å². The standard InChI is InChI=1S/C16H29N3S/c1-4-9-19-10-6-15(7-11-19)13(2)17-8-5-16-12-20-14(3)18-16/h12-13,15,17H,4-11H2,1-3H3. The number of likely N-dealkylation sites (tertiary alicyclic amines) is 1. The van der Waals surface area contributed by atoms with Crippen LogP contribution in [0.15, 0.2) is 5.38 Å². The summed E-state index contributed by atoms with van der Waals surface area (Å²) < 4.78 is 0. The summed E-state index contributed by atoms with van der Waals surface area (Å²) in [5.74, 6) is 0.847. The Hall–Kier alpha value is -0.450. The first kappa shape index (κ1) is 15.9. The summed E-state index contributed by atoms with van der Waals surface area (Å²) in [6, 6.07) is 0.638. The molecule has 2 heterocycles. The molecular formula is C16H29N3S. The van der Waals surface area contributed by atoms with E-state index in [9.17, 15) is 0 Å². The average molecular weight is 295 g/mol. The number of thiazole rings is 1. The van der Waals surface area contributed by atoms with Gasteiger partial charge in [0.15, 0.2) is 0 Å². The minimum absolute atomic E-state index is 0.638. The van der Waals surface area contributed by atoms with Gasteiger partial charge in [0, 0.05) is 24.4 Å². The third-order valence-corrected chi connectivity index (χ3v) is 5.22. The van der Waals surface area contributed by atoms with Crippen LogP contribution in [0.1, 0.15) is 43.8 Å². The molecule has 2 rings (SSSR count). The first-order valence-electron chi connectivity index (χ1n) is 8.05. The number of nitrogens with zero attached hydrogens (tertiary/aromatic N) is 2. The number of hydrogen-bond donors (Lipinski definition) is 1. The fourth-order valence-electron chi connectivity index (χ4n) is 3.11. The Morgan fingerprint density at radius 3 is 2.80 bits per heavy atom. The zero-order valence-electron chi connectivity index (χ0n) is 13.2. The lowest BCUT2D eigenvalue weighted by atomic mass is 9.90. The highest BCUT2D eigenvalue weighted by Gasteiger charge is 2.22. The smallest absolute Gasteiger partial charge is 0.0897 e. The zero-order chi connectivity index (χ0) is 14.4. The predicted molar refractivity (Wildman–Crippen MR) is 87.5 cm³/mol. The van der Waals surface area contributed by atoms with Gasteiger partial charge in [0.1, 0.15) is 0 Å². The Morgan fingerprint density at radius 2 is 2.20 bits per heavy atom. The molecule has 1 atom stereocenters. The molecule has 1 aliphatic rings. The molecule has 0 spiro atoms. The van der Waals surface area contributed by atoms with E-state index in [1.807, 2.05) is 0 Å². The van der Waals surface area contributed by atoms with E-state index in [0.717, 1.165) is 18.9 Å². The van der Waals surface area contributed by atoms with Crippen LogP contribution in [0.3, 0.4) is 0 Å². The molecular weight excluding hydrogens is 266 g/mol. The lowest BCUT2D eigenvalue weighted by Crippen LogP contribution is -2.42. The molecule has 0 radical (unpaired) electrons. The lowest BCUT2D eigenvalue weighted by Gasteiger charge is -2.35. The van der Waals surface area contributed by atoms with E-state index in [-0.39, 0.29) is 0 Å². The molecule has 0 aromatic carbocycles. The van der Waals surface area contributed by atoms with Crippen molar-refractivity contribution in [3.05, 3.63) is 16.1 Å². The molecule has 114 valence electrons. The van der Waals surface area contributed by atoms with Crippen molar-refractivity contribution in [2.45, 2.75) is 52.5 Å². The summed E-state index contributed by atoms with van der Waals surface area (Å²) in [6.45, 7) is 11.6. The second-order valence-corrected chi connectivity index (χ2v) is 7.09. The molecule has 0 saturated carbocycles. The first-order valence-corrected chi connectivity index (χ1v) is 8.93. The van der Waals surface area contributed by atoms with Crippen LogP contribution in [-0.2, 0) is 6.42 Å². The Bertz CT molecular complexity index is 383. The van der Waals surface area contributed by atoms with E-state index < -0.39 is 0 Å². The van der Waals surface area contributed by atoms with Crippen molar-refractivity contribution in [1.29, 1.82) is 0 Å². The molecule has 20 heavy (non-hydrogen) atoms. The molecule has 1 saturated heterocycles. The van der Waals surface area contributed by atoms with Crippen LogP contribution in [0.4, 0.5) is 0 Å². The molecule has 1 aromatic rings. The molecule has 3 nitrogen and oxygen atoms in total. The van der Waals surface area contributed by atoms with Crippen molar-refractivity contribution in [3.8, 4) is 0 Å². The number of piperidine rings is 1. The maximum atomic E-state index is 4.52. The Labute approximate surface area is 127 Å². The van der Waals surface area contributed by atoms with Crippen molar-refractivity contribution in [1.82, 2.24) is 15.2 Å². The van der Waals surface area contributed by atoms with Crippen molar-refractivity contribution in [3.63, 3.8) is 0 Å². The van der Waals surface area contributed by atoms with Crippen LogP contribution < -0.4 is 5.32 Å². The Kier molecular flexibility index (Phi) is 6.46. The first-order chi connectivity index (χ1) is 9.69. The number of rotatable bonds is 7. The average Bonchev–Trinajstić information content (AvgIpc) is 2.85. The van der Waals surface area contributed by atoms with Gasteiger partial charge >= 0.3 is 0 Å². The molecule has 0 bridgehead atoms. The van der Waals surface area contributed by atoms with Gasteiger partial charge in [0.25, 0.3) is 0 Å². The largest absolute Gasteiger partial charge is 0.314 e. The number of aryl methyl sites for hydroxylation is 1. The number of aromatic nitrogens is 1. The molecule has 1 fully saturated rings. The van der Waals surface area contributed by atoms with Gasteiger partial charge in [-0.05, 0) is 58.7 Å². The van der Waals surface area contributed by atoms with Gasteiger partial charge in [-0.15, -0.1) is 11.3 Å². The summed E-state index contributed by atoms with van der Waals surface area (Å²) in [5, 5.41) is 7.07. The van der Waals surface area contributed by atoms with E-state index in [1.54, 1.807) is 11.3 Å². The Morgan fingerprint density at radius 1 is 1.45 bits per heavy atom. The van der Waals surface area contributed by atoms with Crippen molar-refractivity contribution >= 4 is 11.3 Å². The molecule has 1 N–H and O–H groups in total. The molecule has 0 amide bonds. The SMILES string of the molecule is CCCN1CCC(C(C)NCCc2csc(C)n2)CC1. The monoisotopic (exact) mass is 295 g/mol. The fourth-order valence-corrected chi connectivity index (χ4v) is 3.76. The highest BCUT2D eigenvalue weighted by molar-refractivity contribution is 7.09. The zero-order valence-corrected chi connectivity index (χ0v) is 14.0. The van der Waals surface area contributed by atoms with E-state index in [0.29, 0.717) is 6.04 Å². The minimum atomic E-state index is 0.638. The van der Waals surface area contributed by atoms with Crippen molar-refractivity contribution in [2.75, 3.05) is 26.2 Å². The summed E-state index contributed by atoms with van der Waals surface area (Å²) >= 11 is 1.75. The maximum Gasteiger partial charge on any atom is 0.0897 e. The van der Waals surface area contributed by atoms with E-state index in [4.69, 9.17) is 0 Å². The molecule has 1 aromatic heterocycles. The van der Waals surface area contributed by atoms with Gasteiger partial charge in [-0.2, -0.15) is 0 Å². The summed E-state index contributed by atoms with van der Waals surface area (Å²) in [7, 11) is 0. The number of nitrogens with one attached hydrogen (secondary N) is 1. The number of hydrogen-bond acceptors (Lipinski definition) is 4. The summed E-state index contributed by atoms with van der Waals surface area (Å²) in [5.41, 5.74) is 1.24. The molecule has 4 heteroatoms. The maximum absolute atomic E-state index is 4.52. The lowest BCUT2D eigenvalue weighted by molar-refractivity contribution is 0.163. The van der Waals surface area contributed by atoms with E-state index >= 15 is 0 Å². The van der Waals surface area contributed by atoms with E-state index in [1.165, 1.54) is 49.6 Å². The molecule has 1 unspecified atom stereocenters. The van der Waals surface area contributed by atoms with Gasteiger partial charge in [-0.3, -0.25) is 0 Å². The van der Waals surface area contributed by atoms with Gasteiger partial charge < -0.3 is 10.2 Å². The molecule has 1 aliphatic heterocycles.